The van der Waals surface area contributed by atoms with Gasteiger partial charge in [-0.15, -0.1) is 0 Å². The van der Waals surface area contributed by atoms with E-state index < -0.39 is 0 Å². The summed E-state index contributed by atoms with van der Waals surface area (Å²) in [5.41, 5.74) is 16.1. The normalized spacial score (nSPS) is 23.1. The van der Waals surface area contributed by atoms with E-state index in [-0.39, 0.29) is 5.41 Å². The standard InChI is InChI=1S/C50H50N2/c1-34-28-48(52(44-21-13-7-14-22-44)45-23-15-8-16-24-45)35(2)27-47(34)50(40-30-38-29-39(32-40)33-41(50)31-38)49-36(3)25-46(26-37(49)4)51(42-17-9-5-10-18-42)43-19-11-6-12-20-43/h5-28,38-41H,29-33H2,1-4H3. The molecule has 0 saturated heterocycles. The van der Waals surface area contributed by atoms with Gasteiger partial charge in [0, 0.05) is 39.5 Å². The maximum atomic E-state index is 2.62. The fourth-order valence-electron chi connectivity index (χ4n) is 11.3. The molecule has 0 unspecified atom stereocenters. The SMILES string of the molecule is Cc1cc(C2(c3c(C)cc(N(c4ccccc4)c4ccccc4)cc3C)C3CC4CC(C3)CC2C4)c(C)cc1N(c1ccccc1)c1ccccc1. The molecule has 0 aromatic heterocycles. The number of hydrogen-bond acceptors (Lipinski definition) is 2. The molecule has 0 heterocycles. The summed E-state index contributed by atoms with van der Waals surface area (Å²) in [7, 11) is 0. The lowest BCUT2D eigenvalue weighted by Gasteiger charge is -2.63. The minimum atomic E-state index is 0.00212. The largest absolute Gasteiger partial charge is 0.310 e. The Balaban J connectivity index is 1.23. The summed E-state index contributed by atoms with van der Waals surface area (Å²) in [6.45, 7) is 9.58. The lowest BCUT2D eigenvalue weighted by Crippen LogP contribution is -2.57. The van der Waals surface area contributed by atoms with Crippen LogP contribution in [-0.2, 0) is 5.41 Å². The zero-order valence-electron chi connectivity index (χ0n) is 31.1. The highest BCUT2D eigenvalue weighted by Crippen LogP contribution is 2.67. The van der Waals surface area contributed by atoms with E-state index in [4.69, 9.17) is 0 Å². The first-order valence-electron chi connectivity index (χ1n) is 19.5. The molecule has 0 N–H and O–H groups in total. The average molecular weight is 679 g/mol. The van der Waals surface area contributed by atoms with Crippen LogP contribution in [0.15, 0.2) is 146 Å². The van der Waals surface area contributed by atoms with Crippen LogP contribution in [-0.4, -0.2) is 0 Å². The minimum absolute atomic E-state index is 0.00212. The van der Waals surface area contributed by atoms with Crippen LogP contribution in [0.1, 0.15) is 65.5 Å². The molecule has 0 aliphatic heterocycles. The van der Waals surface area contributed by atoms with E-state index in [1.54, 1.807) is 11.1 Å². The van der Waals surface area contributed by atoms with Crippen LogP contribution in [0, 0.1) is 51.4 Å². The summed E-state index contributed by atoms with van der Waals surface area (Å²) in [6.07, 6.45) is 6.87. The van der Waals surface area contributed by atoms with Gasteiger partial charge in [-0.25, -0.2) is 0 Å². The van der Waals surface area contributed by atoms with Crippen molar-refractivity contribution in [2.75, 3.05) is 9.80 Å². The van der Waals surface area contributed by atoms with E-state index in [1.807, 2.05) is 0 Å². The topological polar surface area (TPSA) is 6.48 Å². The third-order valence-electron chi connectivity index (χ3n) is 12.9. The Labute approximate surface area is 310 Å². The molecule has 0 spiro atoms. The number of aryl methyl sites for hydroxylation is 4. The van der Waals surface area contributed by atoms with Gasteiger partial charge in [-0.05, 0) is 184 Å². The van der Waals surface area contributed by atoms with E-state index in [9.17, 15) is 0 Å². The van der Waals surface area contributed by atoms with Crippen molar-refractivity contribution in [2.45, 2.75) is 65.2 Å². The van der Waals surface area contributed by atoms with Crippen LogP contribution in [0.3, 0.4) is 0 Å². The van der Waals surface area contributed by atoms with Crippen molar-refractivity contribution in [1.82, 2.24) is 0 Å². The van der Waals surface area contributed by atoms with Gasteiger partial charge in [0.05, 0.1) is 0 Å². The molecule has 0 amide bonds. The maximum Gasteiger partial charge on any atom is 0.0493 e. The molecule has 4 aliphatic rings. The molecule has 6 aromatic carbocycles. The van der Waals surface area contributed by atoms with Crippen LogP contribution in [0.2, 0.25) is 0 Å². The van der Waals surface area contributed by atoms with Crippen LogP contribution >= 0.6 is 0 Å². The third kappa shape index (κ3) is 5.38. The molecule has 4 saturated carbocycles. The molecule has 0 radical (unpaired) electrons. The Bertz CT molecular complexity index is 2060. The predicted molar refractivity (Wildman–Crippen MR) is 219 cm³/mol. The lowest BCUT2D eigenvalue weighted by molar-refractivity contribution is -0.0425. The Morgan fingerprint density at radius 1 is 0.404 bits per heavy atom. The van der Waals surface area contributed by atoms with Crippen molar-refractivity contribution in [3.8, 4) is 0 Å². The van der Waals surface area contributed by atoms with Crippen molar-refractivity contribution < 1.29 is 0 Å². The molecular formula is C50H50N2. The van der Waals surface area contributed by atoms with E-state index >= 15 is 0 Å². The van der Waals surface area contributed by atoms with Crippen LogP contribution in [0.5, 0.6) is 0 Å². The van der Waals surface area contributed by atoms with Gasteiger partial charge in [0.15, 0.2) is 0 Å². The number of hydrogen-bond donors (Lipinski definition) is 0. The Hall–Kier alpha value is -5.08. The summed E-state index contributed by atoms with van der Waals surface area (Å²) in [4.78, 5) is 4.88. The fraction of sp³-hybridized carbons (Fsp3) is 0.280. The minimum Gasteiger partial charge on any atom is -0.310 e. The molecule has 52 heavy (non-hydrogen) atoms. The van der Waals surface area contributed by atoms with E-state index in [1.165, 1.54) is 88.5 Å². The van der Waals surface area contributed by atoms with Gasteiger partial charge in [-0.1, -0.05) is 78.9 Å². The molecule has 2 nitrogen and oxygen atoms in total. The molecule has 4 fully saturated rings. The smallest absolute Gasteiger partial charge is 0.0493 e. The molecule has 2 heteroatoms. The van der Waals surface area contributed by atoms with Gasteiger partial charge in [0.2, 0.25) is 0 Å². The maximum absolute atomic E-state index is 2.62. The summed E-state index contributed by atoms with van der Waals surface area (Å²) in [5.74, 6) is 3.09. The van der Waals surface area contributed by atoms with E-state index in [2.05, 4.69) is 183 Å². The van der Waals surface area contributed by atoms with E-state index in [0.717, 1.165) is 11.8 Å². The third-order valence-corrected chi connectivity index (χ3v) is 12.9. The van der Waals surface area contributed by atoms with Crippen molar-refractivity contribution in [2.24, 2.45) is 23.7 Å². The Morgan fingerprint density at radius 3 is 1.23 bits per heavy atom. The second kappa shape index (κ2) is 13.2. The van der Waals surface area contributed by atoms with Gasteiger partial charge < -0.3 is 9.80 Å². The van der Waals surface area contributed by atoms with Gasteiger partial charge in [-0.3, -0.25) is 0 Å². The molecule has 4 aliphatic carbocycles. The van der Waals surface area contributed by atoms with Gasteiger partial charge in [0.25, 0.3) is 0 Å². The first kappa shape index (κ1) is 32.8. The molecule has 260 valence electrons. The van der Waals surface area contributed by atoms with Crippen molar-refractivity contribution in [3.05, 3.63) is 179 Å². The first-order chi connectivity index (χ1) is 25.4. The van der Waals surface area contributed by atoms with Gasteiger partial charge in [-0.2, -0.15) is 0 Å². The molecule has 0 atom stereocenters. The summed E-state index contributed by atoms with van der Waals surface area (Å²) < 4.78 is 0. The molecule has 10 rings (SSSR count). The number of anilines is 6. The second-order valence-corrected chi connectivity index (χ2v) is 16.1. The lowest BCUT2D eigenvalue weighted by atomic mass is 9.41. The monoisotopic (exact) mass is 678 g/mol. The zero-order chi connectivity index (χ0) is 35.4. The number of rotatable bonds is 8. The van der Waals surface area contributed by atoms with Gasteiger partial charge in [0.1, 0.15) is 0 Å². The number of para-hydroxylation sites is 4. The summed E-state index contributed by atoms with van der Waals surface area (Å²) in [5, 5.41) is 0. The van der Waals surface area contributed by atoms with Crippen LogP contribution in [0.25, 0.3) is 0 Å². The first-order valence-corrected chi connectivity index (χ1v) is 19.5. The summed E-state index contributed by atoms with van der Waals surface area (Å²) in [6, 6.07) is 53.6. The molecular weight excluding hydrogens is 629 g/mol. The van der Waals surface area contributed by atoms with Crippen molar-refractivity contribution >= 4 is 34.1 Å². The zero-order valence-corrected chi connectivity index (χ0v) is 31.1. The predicted octanol–water partition coefficient (Wildman–Crippen LogP) is 13.6. The highest BCUT2D eigenvalue weighted by molar-refractivity contribution is 5.80. The Kier molecular flexibility index (Phi) is 8.30. The highest BCUT2D eigenvalue weighted by atomic mass is 15.1. The number of benzene rings is 6. The quantitative estimate of drug-likeness (QED) is 0.158. The van der Waals surface area contributed by atoms with Gasteiger partial charge >= 0.3 is 0 Å². The molecule has 6 aromatic rings. The molecule has 4 bridgehead atoms. The van der Waals surface area contributed by atoms with Crippen molar-refractivity contribution in [3.63, 3.8) is 0 Å². The Morgan fingerprint density at radius 2 is 0.808 bits per heavy atom. The van der Waals surface area contributed by atoms with E-state index in [0.29, 0.717) is 11.8 Å². The highest BCUT2D eigenvalue weighted by Gasteiger charge is 2.59. The second-order valence-electron chi connectivity index (χ2n) is 16.1. The fourth-order valence-corrected chi connectivity index (χ4v) is 11.3. The van der Waals surface area contributed by atoms with Crippen molar-refractivity contribution in [1.29, 1.82) is 0 Å². The van der Waals surface area contributed by atoms with Crippen LogP contribution in [0.4, 0.5) is 34.1 Å². The average Bonchev–Trinajstić information content (AvgIpc) is 3.16. The summed E-state index contributed by atoms with van der Waals surface area (Å²) >= 11 is 0. The number of nitrogens with zero attached hydrogens (tertiary/aromatic N) is 2. The van der Waals surface area contributed by atoms with Crippen LogP contribution < -0.4 is 9.80 Å².